The van der Waals surface area contributed by atoms with Crippen molar-refractivity contribution >= 4 is 38.9 Å². The molecule has 5 rings (SSSR count). The molecule has 1 saturated heterocycles. The molecule has 1 N–H and O–H groups in total. The standard InChI is InChI=1S/C24H19BrN4S/c25-18-9-11-20(12-10-18)29-23(22(27-24(29)30)21-8-4-5-14-26-21)17-13-15-28(16-17)19-6-2-1-3-7-19/h1-16,22-23H,(H,27,30)/t22-,23-/m0/s1. The topological polar surface area (TPSA) is 33.1 Å². The lowest BCUT2D eigenvalue weighted by molar-refractivity contribution is 0.568. The highest BCUT2D eigenvalue weighted by molar-refractivity contribution is 9.10. The van der Waals surface area contributed by atoms with Crippen LogP contribution in [0.2, 0.25) is 0 Å². The molecule has 0 saturated carbocycles. The molecule has 0 amide bonds. The molecule has 2 aromatic carbocycles. The van der Waals surface area contributed by atoms with Crippen molar-refractivity contribution in [1.29, 1.82) is 0 Å². The lowest BCUT2D eigenvalue weighted by Gasteiger charge is -2.27. The van der Waals surface area contributed by atoms with Crippen molar-refractivity contribution in [3.8, 4) is 5.69 Å². The Bertz CT molecular complexity index is 1160. The van der Waals surface area contributed by atoms with Crippen LogP contribution in [0.25, 0.3) is 5.69 Å². The van der Waals surface area contributed by atoms with Gasteiger partial charge in [-0.2, -0.15) is 0 Å². The minimum Gasteiger partial charge on any atom is -0.351 e. The summed E-state index contributed by atoms with van der Waals surface area (Å²) < 4.78 is 3.18. The van der Waals surface area contributed by atoms with E-state index in [2.05, 4.69) is 78.4 Å². The predicted octanol–water partition coefficient (Wildman–Crippen LogP) is 5.81. The zero-order valence-corrected chi connectivity index (χ0v) is 18.4. The molecular weight excluding hydrogens is 456 g/mol. The average molecular weight is 475 g/mol. The van der Waals surface area contributed by atoms with E-state index in [0.717, 1.165) is 21.5 Å². The molecule has 1 fully saturated rings. The van der Waals surface area contributed by atoms with Crippen molar-refractivity contribution in [1.82, 2.24) is 14.9 Å². The molecule has 148 valence electrons. The number of hydrogen-bond acceptors (Lipinski definition) is 2. The van der Waals surface area contributed by atoms with E-state index < -0.39 is 0 Å². The number of para-hydroxylation sites is 1. The van der Waals surface area contributed by atoms with Gasteiger partial charge in [-0.15, -0.1) is 0 Å². The van der Waals surface area contributed by atoms with Crippen LogP contribution in [0.4, 0.5) is 5.69 Å². The van der Waals surface area contributed by atoms with Gasteiger partial charge < -0.3 is 14.8 Å². The highest BCUT2D eigenvalue weighted by Crippen LogP contribution is 2.41. The summed E-state index contributed by atoms with van der Waals surface area (Å²) in [6, 6.07) is 26.7. The summed E-state index contributed by atoms with van der Waals surface area (Å²) >= 11 is 9.30. The monoisotopic (exact) mass is 474 g/mol. The first-order valence-corrected chi connectivity index (χ1v) is 10.9. The van der Waals surface area contributed by atoms with Crippen molar-refractivity contribution in [2.75, 3.05) is 4.90 Å². The molecule has 1 aliphatic rings. The third-order valence-electron chi connectivity index (χ3n) is 5.31. The highest BCUT2D eigenvalue weighted by atomic mass is 79.9. The molecule has 4 nitrogen and oxygen atoms in total. The molecule has 2 aromatic heterocycles. The van der Waals surface area contributed by atoms with Gasteiger partial charge in [0.25, 0.3) is 0 Å². The number of thiocarbonyl (C=S) groups is 1. The van der Waals surface area contributed by atoms with Crippen molar-refractivity contribution in [3.05, 3.63) is 113 Å². The Hall–Kier alpha value is -2.96. The molecular formula is C24H19BrN4S. The van der Waals surface area contributed by atoms with Gasteiger partial charge in [-0.3, -0.25) is 4.98 Å². The van der Waals surface area contributed by atoms with Gasteiger partial charge in [0.05, 0.1) is 17.8 Å². The molecule has 2 atom stereocenters. The Morgan fingerprint density at radius 2 is 1.63 bits per heavy atom. The van der Waals surface area contributed by atoms with Crippen LogP contribution in [0.3, 0.4) is 0 Å². The van der Waals surface area contributed by atoms with Crippen molar-refractivity contribution < 1.29 is 0 Å². The van der Waals surface area contributed by atoms with Gasteiger partial charge in [0, 0.05) is 34.4 Å². The maximum Gasteiger partial charge on any atom is 0.174 e. The summed E-state index contributed by atoms with van der Waals surface area (Å²) in [4.78, 5) is 6.80. The first-order valence-electron chi connectivity index (χ1n) is 9.70. The van der Waals surface area contributed by atoms with E-state index in [9.17, 15) is 0 Å². The zero-order valence-electron chi connectivity index (χ0n) is 16.0. The highest BCUT2D eigenvalue weighted by Gasteiger charge is 2.41. The number of pyridine rings is 1. The van der Waals surface area contributed by atoms with Gasteiger partial charge in [0.15, 0.2) is 5.11 Å². The first-order chi connectivity index (χ1) is 14.7. The van der Waals surface area contributed by atoms with E-state index in [1.54, 1.807) is 0 Å². The average Bonchev–Trinajstić information content (AvgIpc) is 3.40. The van der Waals surface area contributed by atoms with Crippen molar-refractivity contribution in [2.24, 2.45) is 0 Å². The van der Waals surface area contributed by atoms with E-state index in [1.165, 1.54) is 5.56 Å². The Kier molecular flexibility index (Phi) is 5.11. The fraction of sp³-hybridized carbons (Fsp3) is 0.0833. The first kappa shape index (κ1) is 19.0. The summed E-state index contributed by atoms with van der Waals surface area (Å²) in [5.41, 5.74) is 4.31. The Morgan fingerprint density at radius 1 is 0.867 bits per heavy atom. The molecule has 30 heavy (non-hydrogen) atoms. The van der Waals surface area contributed by atoms with Crippen molar-refractivity contribution in [3.63, 3.8) is 0 Å². The lowest BCUT2D eigenvalue weighted by atomic mass is 9.98. The summed E-state index contributed by atoms with van der Waals surface area (Å²) in [6.07, 6.45) is 6.10. The molecule has 0 radical (unpaired) electrons. The van der Waals surface area contributed by atoms with Crippen LogP contribution in [-0.2, 0) is 0 Å². The number of nitrogens with one attached hydrogen (secondary N) is 1. The minimum atomic E-state index is -0.0472. The second-order valence-electron chi connectivity index (χ2n) is 7.16. The number of halogens is 1. The molecule has 3 heterocycles. The molecule has 4 aromatic rings. The van der Waals surface area contributed by atoms with Gasteiger partial charge in [-0.1, -0.05) is 40.2 Å². The maximum atomic E-state index is 5.78. The summed E-state index contributed by atoms with van der Waals surface area (Å²) in [5, 5.41) is 4.20. The summed E-state index contributed by atoms with van der Waals surface area (Å²) in [7, 11) is 0. The maximum absolute atomic E-state index is 5.78. The van der Waals surface area contributed by atoms with E-state index >= 15 is 0 Å². The number of rotatable bonds is 4. The quantitative estimate of drug-likeness (QED) is 0.378. The molecule has 6 heteroatoms. The Morgan fingerprint density at radius 3 is 2.37 bits per heavy atom. The lowest BCUT2D eigenvalue weighted by Crippen LogP contribution is -2.29. The Labute approximate surface area is 189 Å². The van der Waals surface area contributed by atoms with Crippen LogP contribution in [0.15, 0.2) is 102 Å². The van der Waals surface area contributed by atoms with Gasteiger partial charge in [0.2, 0.25) is 0 Å². The fourth-order valence-corrected chi connectivity index (χ4v) is 4.53. The fourth-order valence-electron chi connectivity index (χ4n) is 3.92. The number of hydrogen-bond donors (Lipinski definition) is 1. The number of aromatic nitrogens is 2. The second kappa shape index (κ2) is 8.05. The Balaban J connectivity index is 1.60. The van der Waals surface area contributed by atoms with Crippen LogP contribution in [-0.4, -0.2) is 14.7 Å². The van der Waals surface area contributed by atoms with E-state index in [4.69, 9.17) is 12.2 Å². The zero-order chi connectivity index (χ0) is 20.5. The van der Waals surface area contributed by atoms with Crippen LogP contribution in [0.5, 0.6) is 0 Å². The largest absolute Gasteiger partial charge is 0.351 e. The van der Waals surface area contributed by atoms with Crippen LogP contribution < -0.4 is 10.2 Å². The smallest absolute Gasteiger partial charge is 0.174 e. The molecule has 0 spiro atoms. The third kappa shape index (κ3) is 3.53. The van der Waals surface area contributed by atoms with Gasteiger partial charge >= 0.3 is 0 Å². The molecule has 0 bridgehead atoms. The van der Waals surface area contributed by atoms with Crippen LogP contribution >= 0.6 is 28.1 Å². The predicted molar refractivity (Wildman–Crippen MR) is 128 cm³/mol. The van der Waals surface area contributed by atoms with Crippen molar-refractivity contribution in [2.45, 2.75) is 12.1 Å². The van der Waals surface area contributed by atoms with E-state index in [-0.39, 0.29) is 12.1 Å². The normalized spacial score (nSPS) is 18.4. The van der Waals surface area contributed by atoms with Gasteiger partial charge in [0.1, 0.15) is 0 Å². The number of benzene rings is 2. The third-order valence-corrected chi connectivity index (χ3v) is 6.16. The van der Waals surface area contributed by atoms with Crippen LogP contribution in [0.1, 0.15) is 23.3 Å². The van der Waals surface area contributed by atoms with Crippen LogP contribution in [0, 0.1) is 0 Å². The number of anilines is 1. The molecule has 0 aliphatic carbocycles. The van der Waals surface area contributed by atoms with E-state index in [0.29, 0.717) is 5.11 Å². The SMILES string of the molecule is S=C1N[C@@H](c2ccccn2)[C@H](c2ccn(-c3ccccc3)c2)N1c1ccc(Br)cc1. The summed E-state index contributed by atoms with van der Waals surface area (Å²) in [6.45, 7) is 0. The molecule has 0 unspecified atom stereocenters. The van der Waals surface area contributed by atoms with Gasteiger partial charge in [-0.05, 0) is 72.4 Å². The second-order valence-corrected chi connectivity index (χ2v) is 8.46. The summed E-state index contributed by atoms with van der Waals surface area (Å²) in [5.74, 6) is 0. The minimum absolute atomic E-state index is 0.0152. The van der Waals surface area contributed by atoms with E-state index in [1.807, 2.05) is 54.7 Å². The van der Waals surface area contributed by atoms with Gasteiger partial charge in [-0.25, -0.2) is 0 Å². The number of nitrogens with zero attached hydrogens (tertiary/aromatic N) is 3. The molecule has 1 aliphatic heterocycles.